The molecule has 7 heteroatoms. The summed E-state index contributed by atoms with van der Waals surface area (Å²) in [6, 6.07) is 0. The lowest BCUT2D eigenvalue weighted by atomic mass is 10.3. The van der Waals surface area contributed by atoms with Gasteiger partial charge in [-0.2, -0.15) is 5.10 Å². The summed E-state index contributed by atoms with van der Waals surface area (Å²) in [5, 5.41) is 4.30. The lowest BCUT2D eigenvalue weighted by Gasteiger charge is -2.34. The van der Waals surface area contributed by atoms with Gasteiger partial charge in [0.15, 0.2) is 0 Å². The maximum atomic E-state index is 4.40. The zero-order chi connectivity index (χ0) is 14.5. The van der Waals surface area contributed by atoms with E-state index in [0.717, 1.165) is 58.1 Å². The molecule has 0 N–H and O–H groups in total. The van der Waals surface area contributed by atoms with Gasteiger partial charge in [-0.3, -0.25) is 14.8 Å². The Morgan fingerprint density at radius 1 is 1.14 bits per heavy atom. The van der Waals surface area contributed by atoms with Gasteiger partial charge in [0.1, 0.15) is 12.2 Å². The smallest absolute Gasteiger partial charge is 0.141 e. The van der Waals surface area contributed by atoms with E-state index >= 15 is 0 Å². The van der Waals surface area contributed by atoms with Gasteiger partial charge in [-0.25, -0.2) is 9.67 Å². The van der Waals surface area contributed by atoms with Crippen LogP contribution >= 0.6 is 11.3 Å². The zero-order valence-electron chi connectivity index (χ0n) is 12.5. The highest BCUT2D eigenvalue weighted by Crippen LogP contribution is 2.13. The molecule has 2 aromatic rings. The molecule has 114 valence electrons. The fourth-order valence-electron chi connectivity index (χ4n) is 2.66. The number of rotatable bonds is 6. The van der Waals surface area contributed by atoms with Gasteiger partial charge in [-0.05, 0) is 6.42 Å². The van der Waals surface area contributed by atoms with E-state index in [4.69, 9.17) is 0 Å². The van der Waals surface area contributed by atoms with E-state index in [9.17, 15) is 0 Å². The maximum absolute atomic E-state index is 4.40. The van der Waals surface area contributed by atoms with Gasteiger partial charge in [-0.1, -0.05) is 6.92 Å². The Balaban J connectivity index is 1.48. The standard InChI is InChI=1S/C14H22N6S/c1-2-3-20-14(16-11-17-20)10-19-6-4-18(5-7-19)9-13-8-15-12-21-13/h8,11-12H,2-7,9-10H2,1H3. The Morgan fingerprint density at radius 2 is 1.90 bits per heavy atom. The molecular formula is C14H22N6S. The second kappa shape index (κ2) is 7.11. The van der Waals surface area contributed by atoms with E-state index in [1.807, 2.05) is 16.4 Å². The molecule has 21 heavy (non-hydrogen) atoms. The monoisotopic (exact) mass is 306 g/mol. The number of aryl methyl sites for hydroxylation is 1. The summed E-state index contributed by atoms with van der Waals surface area (Å²) >= 11 is 1.74. The predicted molar refractivity (Wildman–Crippen MR) is 83.0 cm³/mol. The molecule has 0 saturated carbocycles. The van der Waals surface area contributed by atoms with Crippen LogP contribution in [-0.4, -0.2) is 55.7 Å². The van der Waals surface area contributed by atoms with Crippen LogP contribution in [0, 0.1) is 0 Å². The van der Waals surface area contributed by atoms with E-state index < -0.39 is 0 Å². The molecule has 0 atom stereocenters. The van der Waals surface area contributed by atoms with Crippen LogP contribution in [0.15, 0.2) is 18.0 Å². The Morgan fingerprint density at radius 3 is 2.57 bits per heavy atom. The molecular weight excluding hydrogens is 284 g/mol. The van der Waals surface area contributed by atoms with Crippen LogP contribution in [0.5, 0.6) is 0 Å². The van der Waals surface area contributed by atoms with Crippen LogP contribution < -0.4 is 0 Å². The molecule has 0 bridgehead atoms. The molecule has 0 unspecified atom stereocenters. The molecule has 0 radical (unpaired) electrons. The molecule has 3 rings (SSSR count). The molecule has 2 aromatic heterocycles. The average Bonchev–Trinajstić information content (AvgIpc) is 3.14. The third-order valence-electron chi connectivity index (χ3n) is 3.82. The number of hydrogen-bond acceptors (Lipinski definition) is 6. The van der Waals surface area contributed by atoms with Crippen LogP contribution in [0.25, 0.3) is 0 Å². The number of aromatic nitrogens is 4. The summed E-state index contributed by atoms with van der Waals surface area (Å²) < 4.78 is 2.03. The first kappa shape index (κ1) is 14.6. The van der Waals surface area contributed by atoms with Gasteiger partial charge in [-0.15, -0.1) is 11.3 Å². The van der Waals surface area contributed by atoms with Gasteiger partial charge in [0.2, 0.25) is 0 Å². The average molecular weight is 306 g/mol. The van der Waals surface area contributed by atoms with Crippen LogP contribution in [0.1, 0.15) is 24.0 Å². The quantitative estimate of drug-likeness (QED) is 0.809. The lowest BCUT2D eigenvalue weighted by molar-refractivity contribution is 0.119. The van der Waals surface area contributed by atoms with Crippen molar-refractivity contribution in [1.82, 2.24) is 29.5 Å². The molecule has 1 aliphatic heterocycles. The minimum Gasteiger partial charge on any atom is -0.296 e. The topological polar surface area (TPSA) is 50.1 Å². The molecule has 1 fully saturated rings. The van der Waals surface area contributed by atoms with Gasteiger partial charge in [0, 0.05) is 50.3 Å². The zero-order valence-corrected chi connectivity index (χ0v) is 13.3. The van der Waals surface area contributed by atoms with Gasteiger partial charge < -0.3 is 0 Å². The van der Waals surface area contributed by atoms with Crippen molar-refractivity contribution in [2.24, 2.45) is 0 Å². The van der Waals surface area contributed by atoms with Crippen molar-refractivity contribution in [1.29, 1.82) is 0 Å². The summed E-state index contributed by atoms with van der Waals surface area (Å²) in [7, 11) is 0. The highest BCUT2D eigenvalue weighted by atomic mass is 32.1. The SMILES string of the molecule is CCCn1ncnc1CN1CCN(Cc2cncs2)CC1. The minimum atomic E-state index is 0.911. The minimum absolute atomic E-state index is 0.911. The van der Waals surface area contributed by atoms with Crippen molar-refractivity contribution in [3.05, 3.63) is 28.7 Å². The van der Waals surface area contributed by atoms with Crippen LogP contribution in [0.2, 0.25) is 0 Å². The first-order chi connectivity index (χ1) is 10.3. The third-order valence-corrected chi connectivity index (χ3v) is 4.59. The number of piperazine rings is 1. The van der Waals surface area contributed by atoms with Crippen LogP contribution in [0.4, 0.5) is 0 Å². The van der Waals surface area contributed by atoms with Crippen molar-refractivity contribution in [2.75, 3.05) is 26.2 Å². The van der Waals surface area contributed by atoms with Gasteiger partial charge in [0.05, 0.1) is 12.1 Å². The summed E-state index contributed by atoms with van der Waals surface area (Å²) in [5.74, 6) is 1.09. The van der Waals surface area contributed by atoms with Crippen molar-refractivity contribution in [3.8, 4) is 0 Å². The van der Waals surface area contributed by atoms with E-state index in [1.165, 1.54) is 4.88 Å². The maximum Gasteiger partial charge on any atom is 0.141 e. The Bertz CT molecular complexity index is 529. The van der Waals surface area contributed by atoms with Crippen molar-refractivity contribution in [2.45, 2.75) is 33.0 Å². The second-order valence-electron chi connectivity index (χ2n) is 5.42. The number of nitrogens with zero attached hydrogens (tertiary/aromatic N) is 6. The fourth-order valence-corrected chi connectivity index (χ4v) is 3.29. The molecule has 1 saturated heterocycles. The van der Waals surface area contributed by atoms with E-state index in [0.29, 0.717) is 0 Å². The summed E-state index contributed by atoms with van der Waals surface area (Å²) in [5.41, 5.74) is 1.91. The van der Waals surface area contributed by atoms with Gasteiger partial charge in [0.25, 0.3) is 0 Å². The first-order valence-corrected chi connectivity index (χ1v) is 8.42. The van der Waals surface area contributed by atoms with Crippen molar-refractivity contribution >= 4 is 11.3 Å². The van der Waals surface area contributed by atoms with E-state index in [2.05, 4.69) is 31.8 Å². The summed E-state index contributed by atoms with van der Waals surface area (Å²) in [6.45, 7) is 9.48. The molecule has 1 aliphatic rings. The van der Waals surface area contributed by atoms with Crippen molar-refractivity contribution < 1.29 is 0 Å². The molecule has 0 amide bonds. The molecule has 0 aromatic carbocycles. The Hall–Kier alpha value is -1.31. The summed E-state index contributed by atoms with van der Waals surface area (Å²) in [6.07, 6.45) is 4.74. The van der Waals surface area contributed by atoms with Crippen LogP contribution in [0.3, 0.4) is 0 Å². The fraction of sp³-hybridized carbons (Fsp3) is 0.643. The highest BCUT2D eigenvalue weighted by Gasteiger charge is 2.19. The summed E-state index contributed by atoms with van der Waals surface area (Å²) in [4.78, 5) is 14.9. The Labute approximate surface area is 129 Å². The van der Waals surface area contributed by atoms with Gasteiger partial charge >= 0.3 is 0 Å². The molecule has 0 aliphatic carbocycles. The Kier molecular flexibility index (Phi) is 4.95. The van der Waals surface area contributed by atoms with E-state index in [1.54, 1.807) is 17.7 Å². The number of thiazole rings is 1. The normalized spacial score (nSPS) is 17.4. The molecule has 6 nitrogen and oxygen atoms in total. The number of hydrogen-bond donors (Lipinski definition) is 0. The highest BCUT2D eigenvalue weighted by molar-refractivity contribution is 7.09. The lowest BCUT2D eigenvalue weighted by Crippen LogP contribution is -2.45. The third kappa shape index (κ3) is 3.87. The van der Waals surface area contributed by atoms with Crippen molar-refractivity contribution in [3.63, 3.8) is 0 Å². The first-order valence-electron chi connectivity index (χ1n) is 7.54. The van der Waals surface area contributed by atoms with E-state index in [-0.39, 0.29) is 0 Å². The predicted octanol–water partition coefficient (Wildman–Crippen LogP) is 1.46. The second-order valence-corrected chi connectivity index (χ2v) is 6.39. The van der Waals surface area contributed by atoms with Crippen LogP contribution in [-0.2, 0) is 19.6 Å². The largest absolute Gasteiger partial charge is 0.296 e. The molecule has 0 spiro atoms. The molecule has 3 heterocycles.